The Morgan fingerprint density at radius 3 is 2.55 bits per heavy atom. The third kappa shape index (κ3) is 3.64. The van der Waals surface area contributed by atoms with Gasteiger partial charge in [0.05, 0.1) is 18.4 Å². The van der Waals surface area contributed by atoms with Crippen LogP contribution in [-0.4, -0.2) is 18.6 Å². The van der Waals surface area contributed by atoms with Crippen LogP contribution in [0.4, 0.5) is 0 Å². The highest BCUT2D eigenvalue weighted by Crippen LogP contribution is 2.24. The summed E-state index contributed by atoms with van der Waals surface area (Å²) >= 11 is 1.56. The van der Waals surface area contributed by atoms with Crippen LogP contribution >= 0.6 is 11.8 Å². The van der Waals surface area contributed by atoms with Gasteiger partial charge in [-0.2, -0.15) is 0 Å². The van der Waals surface area contributed by atoms with Crippen LogP contribution in [0.3, 0.4) is 0 Å². The Morgan fingerprint density at radius 1 is 1.10 bits per heavy atom. The van der Waals surface area contributed by atoms with Crippen molar-refractivity contribution >= 4 is 17.5 Å². The Labute approximate surface area is 124 Å². The number of rotatable bonds is 5. The number of hydrogen-bond donors (Lipinski definition) is 0. The quantitative estimate of drug-likeness (QED) is 0.606. The van der Waals surface area contributed by atoms with Crippen LogP contribution in [0.2, 0.25) is 0 Å². The van der Waals surface area contributed by atoms with Crippen LogP contribution in [-0.2, 0) is 0 Å². The van der Waals surface area contributed by atoms with Crippen LogP contribution in [0, 0.1) is 13.8 Å². The number of thioether (sulfide) groups is 1. The standard InChI is InChI=1S/C17H18O2S/c1-12-5-4-6-14(9-12)20-11-16(18)15-10-13(2)7-8-17(15)19-3/h4-10H,11H2,1-3H3. The summed E-state index contributed by atoms with van der Waals surface area (Å²) in [5.74, 6) is 1.16. The number of aryl methyl sites for hydroxylation is 2. The van der Waals surface area contributed by atoms with Gasteiger partial charge in [-0.25, -0.2) is 0 Å². The average molecular weight is 286 g/mol. The monoisotopic (exact) mass is 286 g/mol. The second-order valence-corrected chi connectivity index (χ2v) is 5.78. The molecule has 0 radical (unpaired) electrons. The fourth-order valence-electron chi connectivity index (χ4n) is 1.97. The molecule has 0 saturated heterocycles. The summed E-state index contributed by atoms with van der Waals surface area (Å²) in [6.07, 6.45) is 0. The van der Waals surface area contributed by atoms with E-state index >= 15 is 0 Å². The summed E-state index contributed by atoms with van der Waals surface area (Å²) in [5, 5.41) is 0. The summed E-state index contributed by atoms with van der Waals surface area (Å²) in [5.41, 5.74) is 2.93. The average Bonchev–Trinajstić information content (AvgIpc) is 2.45. The molecule has 0 aliphatic rings. The first kappa shape index (κ1) is 14.7. The normalized spacial score (nSPS) is 10.3. The molecule has 0 bridgehead atoms. The first-order chi connectivity index (χ1) is 9.60. The number of ether oxygens (including phenoxy) is 1. The molecule has 0 heterocycles. The molecule has 0 spiro atoms. The molecule has 2 rings (SSSR count). The van der Waals surface area contributed by atoms with Gasteiger partial charge in [0.25, 0.3) is 0 Å². The van der Waals surface area contributed by atoms with Gasteiger partial charge in [0.2, 0.25) is 0 Å². The minimum absolute atomic E-state index is 0.0945. The largest absolute Gasteiger partial charge is 0.496 e. The van der Waals surface area contributed by atoms with Gasteiger partial charge >= 0.3 is 0 Å². The summed E-state index contributed by atoms with van der Waals surface area (Å²) in [7, 11) is 1.59. The predicted molar refractivity (Wildman–Crippen MR) is 84.0 cm³/mol. The van der Waals surface area contributed by atoms with Gasteiger partial charge in [0.15, 0.2) is 5.78 Å². The summed E-state index contributed by atoms with van der Waals surface area (Å²) in [4.78, 5) is 13.4. The van der Waals surface area contributed by atoms with Crippen molar-refractivity contribution in [3.63, 3.8) is 0 Å². The van der Waals surface area contributed by atoms with Gasteiger partial charge in [-0.3, -0.25) is 4.79 Å². The Balaban J connectivity index is 2.10. The van der Waals surface area contributed by atoms with Crippen molar-refractivity contribution in [1.82, 2.24) is 0 Å². The van der Waals surface area contributed by atoms with Crippen LogP contribution in [0.15, 0.2) is 47.4 Å². The lowest BCUT2D eigenvalue weighted by Gasteiger charge is -2.08. The molecule has 0 saturated carbocycles. The zero-order valence-electron chi connectivity index (χ0n) is 12.0. The molecule has 0 aliphatic carbocycles. The number of carbonyl (C=O) groups is 1. The molecule has 0 atom stereocenters. The highest BCUT2D eigenvalue weighted by Gasteiger charge is 2.12. The maximum Gasteiger partial charge on any atom is 0.176 e. The number of methoxy groups -OCH3 is 1. The lowest BCUT2D eigenvalue weighted by Crippen LogP contribution is -2.05. The molecule has 2 aromatic carbocycles. The molecule has 0 aromatic heterocycles. The molecule has 0 N–H and O–H groups in total. The number of carbonyl (C=O) groups excluding carboxylic acids is 1. The molecule has 20 heavy (non-hydrogen) atoms. The van der Waals surface area contributed by atoms with E-state index in [2.05, 4.69) is 19.1 Å². The Kier molecular flexibility index (Phi) is 4.85. The molecule has 2 aromatic rings. The zero-order chi connectivity index (χ0) is 14.5. The third-order valence-electron chi connectivity index (χ3n) is 3.01. The SMILES string of the molecule is COc1ccc(C)cc1C(=O)CSc1cccc(C)c1. The van der Waals surface area contributed by atoms with Gasteiger partial charge in [0, 0.05) is 4.90 Å². The highest BCUT2D eigenvalue weighted by atomic mass is 32.2. The van der Waals surface area contributed by atoms with Crippen molar-refractivity contribution in [2.24, 2.45) is 0 Å². The lowest BCUT2D eigenvalue weighted by molar-refractivity contribution is 0.101. The maximum absolute atomic E-state index is 12.3. The Morgan fingerprint density at radius 2 is 1.85 bits per heavy atom. The van der Waals surface area contributed by atoms with Crippen molar-refractivity contribution in [2.75, 3.05) is 12.9 Å². The minimum atomic E-state index is 0.0945. The van der Waals surface area contributed by atoms with E-state index in [1.807, 2.05) is 37.3 Å². The van der Waals surface area contributed by atoms with Crippen molar-refractivity contribution in [2.45, 2.75) is 18.7 Å². The van der Waals surface area contributed by atoms with E-state index in [1.54, 1.807) is 18.9 Å². The Hall–Kier alpha value is -1.74. The van der Waals surface area contributed by atoms with Crippen LogP contribution < -0.4 is 4.74 Å². The van der Waals surface area contributed by atoms with Crippen molar-refractivity contribution in [3.8, 4) is 5.75 Å². The summed E-state index contributed by atoms with van der Waals surface area (Å²) in [6, 6.07) is 13.9. The maximum atomic E-state index is 12.3. The van der Waals surface area contributed by atoms with Gasteiger partial charge in [0.1, 0.15) is 5.75 Å². The van der Waals surface area contributed by atoms with E-state index in [0.717, 1.165) is 10.5 Å². The van der Waals surface area contributed by atoms with Crippen molar-refractivity contribution < 1.29 is 9.53 Å². The van der Waals surface area contributed by atoms with E-state index in [9.17, 15) is 4.79 Å². The van der Waals surface area contributed by atoms with Gasteiger partial charge in [-0.1, -0.05) is 29.3 Å². The first-order valence-electron chi connectivity index (χ1n) is 6.47. The fraction of sp³-hybridized carbons (Fsp3) is 0.235. The summed E-state index contributed by atoms with van der Waals surface area (Å²) < 4.78 is 5.26. The molecular weight excluding hydrogens is 268 g/mol. The second kappa shape index (κ2) is 6.62. The molecule has 0 fully saturated rings. The van der Waals surface area contributed by atoms with E-state index in [4.69, 9.17) is 4.74 Å². The van der Waals surface area contributed by atoms with Crippen LogP contribution in [0.1, 0.15) is 21.5 Å². The first-order valence-corrected chi connectivity index (χ1v) is 7.46. The van der Waals surface area contributed by atoms with Crippen molar-refractivity contribution in [1.29, 1.82) is 0 Å². The number of ketones is 1. The van der Waals surface area contributed by atoms with Crippen LogP contribution in [0.5, 0.6) is 5.75 Å². The minimum Gasteiger partial charge on any atom is -0.496 e. The Bertz CT molecular complexity index is 620. The predicted octanol–water partition coefficient (Wildman–Crippen LogP) is 4.29. The summed E-state index contributed by atoms with van der Waals surface area (Å²) in [6.45, 7) is 4.03. The number of Topliss-reactive ketones (excluding diaryl/α,β-unsaturated/α-hetero) is 1. The molecule has 2 nitrogen and oxygen atoms in total. The third-order valence-corrected chi connectivity index (χ3v) is 4.01. The van der Waals surface area contributed by atoms with E-state index < -0.39 is 0 Å². The van der Waals surface area contributed by atoms with E-state index in [1.165, 1.54) is 5.56 Å². The van der Waals surface area contributed by atoms with Gasteiger partial charge < -0.3 is 4.74 Å². The lowest BCUT2D eigenvalue weighted by atomic mass is 10.1. The molecular formula is C17H18O2S. The van der Waals surface area contributed by atoms with Crippen molar-refractivity contribution in [3.05, 3.63) is 59.2 Å². The molecule has 104 valence electrons. The highest BCUT2D eigenvalue weighted by molar-refractivity contribution is 8.00. The van der Waals surface area contributed by atoms with E-state index in [-0.39, 0.29) is 5.78 Å². The topological polar surface area (TPSA) is 26.3 Å². The van der Waals surface area contributed by atoms with Gasteiger partial charge in [-0.05, 0) is 38.1 Å². The van der Waals surface area contributed by atoms with Crippen LogP contribution in [0.25, 0.3) is 0 Å². The number of hydrogen-bond acceptors (Lipinski definition) is 3. The number of benzene rings is 2. The van der Waals surface area contributed by atoms with Gasteiger partial charge in [-0.15, -0.1) is 11.8 Å². The second-order valence-electron chi connectivity index (χ2n) is 4.73. The molecule has 3 heteroatoms. The zero-order valence-corrected chi connectivity index (χ0v) is 12.8. The molecule has 0 amide bonds. The smallest absolute Gasteiger partial charge is 0.176 e. The molecule has 0 aliphatic heterocycles. The fourth-order valence-corrected chi connectivity index (χ4v) is 2.87. The molecule has 0 unspecified atom stereocenters. The van der Waals surface area contributed by atoms with E-state index in [0.29, 0.717) is 17.1 Å².